The molecule has 1 amide bonds. The van der Waals surface area contributed by atoms with Gasteiger partial charge in [-0.3, -0.25) is 9.48 Å². The van der Waals surface area contributed by atoms with E-state index in [0.29, 0.717) is 18.9 Å². The maximum Gasteiger partial charge on any atom is 0.220 e. The first-order valence-electron chi connectivity index (χ1n) is 11.9. The molecule has 0 unspecified atom stereocenters. The number of hydrogen-bond donors (Lipinski definition) is 1. The van der Waals surface area contributed by atoms with Gasteiger partial charge in [0.05, 0.1) is 5.69 Å². The summed E-state index contributed by atoms with van der Waals surface area (Å²) in [5.74, 6) is 0.616. The highest BCUT2D eigenvalue weighted by atomic mass is 16.1. The Kier molecular flexibility index (Phi) is 8.45. The third-order valence-electron chi connectivity index (χ3n) is 5.93. The first-order chi connectivity index (χ1) is 15.7. The molecule has 1 aromatic heterocycles. The number of aromatic nitrogens is 2. The van der Waals surface area contributed by atoms with Crippen molar-refractivity contribution in [1.82, 2.24) is 20.0 Å². The maximum atomic E-state index is 12.6. The van der Waals surface area contributed by atoms with Crippen LogP contribution in [0.2, 0.25) is 0 Å². The number of carbonyl (C=O) groups is 1. The van der Waals surface area contributed by atoms with Crippen LogP contribution in [0, 0.1) is 19.8 Å². The third kappa shape index (κ3) is 6.78. The summed E-state index contributed by atoms with van der Waals surface area (Å²) in [6.07, 6.45) is 1.19. The molecule has 0 saturated carbocycles. The molecule has 5 heteroatoms. The second-order valence-corrected chi connectivity index (χ2v) is 9.59. The lowest BCUT2D eigenvalue weighted by Gasteiger charge is -2.13. The molecular formula is C28H38N4O. The van der Waals surface area contributed by atoms with Gasteiger partial charge < -0.3 is 10.2 Å². The summed E-state index contributed by atoms with van der Waals surface area (Å²) in [4.78, 5) is 14.8. The Morgan fingerprint density at radius 1 is 1.06 bits per heavy atom. The van der Waals surface area contributed by atoms with E-state index in [1.807, 2.05) is 13.0 Å². The summed E-state index contributed by atoms with van der Waals surface area (Å²) in [5, 5.41) is 7.79. The van der Waals surface area contributed by atoms with E-state index in [2.05, 4.69) is 97.3 Å². The fourth-order valence-corrected chi connectivity index (χ4v) is 4.25. The van der Waals surface area contributed by atoms with Crippen LogP contribution in [0.25, 0.3) is 11.1 Å². The molecule has 1 N–H and O–H groups in total. The second kappa shape index (κ2) is 11.3. The molecule has 0 saturated heterocycles. The van der Waals surface area contributed by atoms with Gasteiger partial charge in [-0.25, -0.2) is 0 Å². The van der Waals surface area contributed by atoms with Crippen LogP contribution < -0.4 is 5.32 Å². The minimum atomic E-state index is 0.0709. The minimum absolute atomic E-state index is 0.0709. The number of aryl methyl sites for hydroxylation is 1. The fraction of sp³-hybridized carbons (Fsp3) is 0.429. The molecule has 33 heavy (non-hydrogen) atoms. The Balaban J connectivity index is 1.61. The van der Waals surface area contributed by atoms with Gasteiger partial charge in [-0.15, -0.1) is 0 Å². The van der Waals surface area contributed by atoms with Crippen LogP contribution in [-0.2, 0) is 30.8 Å². The van der Waals surface area contributed by atoms with Crippen molar-refractivity contribution in [2.75, 3.05) is 14.1 Å². The number of nitrogens with one attached hydrogen (secondary N) is 1. The smallest absolute Gasteiger partial charge is 0.220 e. The monoisotopic (exact) mass is 446 g/mol. The Morgan fingerprint density at radius 3 is 2.42 bits per heavy atom. The summed E-state index contributed by atoms with van der Waals surface area (Å²) < 4.78 is 2.08. The van der Waals surface area contributed by atoms with E-state index in [0.717, 1.165) is 36.3 Å². The normalized spacial score (nSPS) is 11.4. The van der Waals surface area contributed by atoms with Crippen molar-refractivity contribution in [2.24, 2.45) is 5.92 Å². The molecule has 0 aliphatic rings. The first kappa shape index (κ1) is 24.7. The van der Waals surface area contributed by atoms with Gasteiger partial charge in [0, 0.05) is 31.7 Å². The molecule has 3 aromatic rings. The number of nitrogens with zero attached hydrogens (tertiary/aromatic N) is 3. The number of carbonyl (C=O) groups excluding carboxylic acids is 1. The Labute approximate surface area is 198 Å². The Bertz CT molecular complexity index is 1060. The van der Waals surface area contributed by atoms with Crippen LogP contribution in [0.4, 0.5) is 0 Å². The standard InChI is InChI=1S/C28H38N4O/c1-20(2)18-32-22(4)26(21(3)30-32)15-16-28(33)29-17-25-9-7-8-10-27(25)24-13-11-23(12-14-24)19-31(5)6/h7-14,20H,15-19H2,1-6H3,(H,29,33). The van der Waals surface area contributed by atoms with Crippen LogP contribution in [0.5, 0.6) is 0 Å². The van der Waals surface area contributed by atoms with Crippen LogP contribution in [0.15, 0.2) is 48.5 Å². The molecule has 0 atom stereocenters. The predicted octanol–water partition coefficient (Wildman–Crippen LogP) is 5.13. The number of rotatable bonds is 10. The molecule has 176 valence electrons. The van der Waals surface area contributed by atoms with Crippen molar-refractivity contribution in [3.8, 4) is 11.1 Å². The van der Waals surface area contributed by atoms with E-state index in [9.17, 15) is 4.79 Å². The summed E-state index contributed by atoms with van der Waals surface area (Å²) in [6.45, 7) is 10.9. The van der Waals surface area contributed by atoms with Crippen molar-refractivity contribution in [1.29, 1.82) is 0 Å². The van der Waals surface area contributed by atoms with Crippen LogP contribution >= 0.6 is 0 Å². The van der Waals surface area contributed by atoms with Crippen LogP contribution in [0.1, 0.15) is 48.3 Å². The Morgan fingerprint density at radius 2 is 1.76 bits per heavy atom. The van der Waals surface area contributed by atoms with Crippen molar-refractivity contribution in [3.63, 3.8) is 0 Å². The molecule has 0 aliphatic heterocycles. The molecule has 1 heterocycles. The molecule has 0 aliphatic carbocycles. The van der Waals surface area contributed by atoms with Gasteiger partial charge in [-0.1, -0.05) is 62.4 Å². The SMILES string of the molecule is Cc1nn(CC(C)C)c(C)c1CCC(=O)NCc1ccccc1-c1ccc(CN(C)C)cc1. The van der Waals surface area contributed by atoms with Crippen molar-refractivity contribution in [2.45, 2.75) is 60.2 Å². The molecular weight excluding hydrogens is 408 g/mol. The van der Waals surface area contributed by atoms with E-state index < -0.39 is 0 Å². The topological polar surface area (TPSA) is 50.2 Å². The quantitative estimate of drug-likeness (QED) is 0.469. The highest BCUT2D eigenvalue weighted by Gasteiger charge is 2.14. The summed E-state index contributed by atoms with van der Waals surface area (Å²) in [5.41, 5.74) is 8.16. The zero-order valence-electron chi connectivity index (χ0n) is 21.0. The minimum Gasteiger partial charge on any atom is -0.352 e. The zero-order chi connectivity index (χ0) is 24.0. The maximum absolute atomic E-state index is 12.6. The highest BCUT2D eigenvalue weighted by Crippen LogP contribution is 2.24. The van der Waals surface area contributed by atoms with Gasteiger partial charge >= 0.3 is 0 Å². The van der Waals surface area contributed by atoms with Gasteiger partial charge in [0.2, 0.25) is 5.91 Å². The predicted molar refractivity (Wildman–Crippen MR) is 136 cm³/mol. The highest BCUT2D eigenvalue weighted by molar-refractivity contribution is 5.77. The molecule has 0 radical (unpaired) electrons. The fourth-order valence-electron chi connectivity index (χ4n) is 4.25. The molecule has 0 bridgehead atoms. The third-order valence-corrected chi connectivity index (χ3v) is 5.93. The van der Waals surface area contributed by atoms with E-state index in [1.54, 1.807) is 0 Å². The summed E-state index contributed by atoms with van der Waals surface area (Å²) in [6, 6.07) is 17.0. The van der Waals surface area contributed by atoms with Gasteiger partial charge in [-0.05, 0) is 68.1 Å². The van der Waals surface area contributed by atoms with E-state index in [-0.39, 0.29) is 5.91 Å². The van der Waals surface area contributed by atoms with E-state index in [1.165, 1.54) is 22.4 Å². The zero-order valence-corrected chi connectivity index (χ0v) is 21.0. The van der Waals surface area contributed by atoms with Gasteiger partial charge in [0.1, 0.15) is 0 Å². The lowest BCUT2D eigenvalue weighted by atomic mass is 9.98. The molecule has 5 nitrogen and oxygen atoms in total. The van der Waals surface area contributed by atoms with Gasteiger partial charge in [0.25, 0.3) is 0 Å². The molecule has 2 aromatic carbocycles. The van der Waals surface area contributed by atoms with Crippen molar-refractivity contribution < 1.29 is 4.79 Å². The van der Waals surface area contributed by atoms with E-state index in [4.69, 9.17) is 0 Å². The van der Waals surface area contributed by atoms with Crippen molar-refractivity contribution >= 4 is 5.91 Å². The average Bonchev–Trinajstić information content (AvgIpc) is 3.03. The largest absolute Gasteiger partial charge is 0.352 e. The lowest BCUT2D eigenvalue weighted by molar-refractivity contribution is -0.121. The first-order valence-corrected chi connectivity index (χ1v) is 11.9. The van der Waals surface area contributed by atoms with Gasteiger partial charge in [0.15, 0.2) is 0 Å². The molecule has 0 spiro atoms. The van der Waals surface area contributed by atoms with Crippen LogP contribution in [-0.4, -0.2) is 34.7 Å². The van der Waals surface area contributed by atoms with Gasteiger partial charge in [-0.2, -0.15) is 5.10 Å². The molecule has 0 fully saturated rings. The Hall–Kier alpha value is -2.92. The summed E-state index contributed by atoms with van der Waals surface area (Å²) in [7, 11) is 4.15. The average molecular weight is 447 g/mol. The number of benzene rings is 2. The lowest BCUT2D eigenvalue weighted by Crippen LogP contribution is -2.23. The van der Waals surface area contributed by atoms with Crippen LogP contribution in [0.3, 0.4) is 0 Å². The van der Waals surface area contributed by atoms with Crippen molar-refractivity contribution in [3.05, 3.63) is 76.6 Å². The number of hydrogen-bond acceptors (Lipinski definition) is 3. The number of amides is 1. The summed E-state index contributed by atoms with van der Waals surface area (Å²) >= 11 is 0. The van der Waals surface area contributed by atoms with E-state index >= 15 is 0 Å². The second-order valence-electron chi connectivity index (χ2n) is 9.59. The molecule has 3 rings (SSSR count).